The summed E-state index contributed by atoms with van der Waals surface area (Å²) in [5, 5.41) is 9.05. The van der Waals surface area contributed by atoms with Gasteiger partial charge in [0.05, 0.1) is 0 Å². The summed E-state index contributed by atoms with van der Waals surface area (Å²) in [5.74, 6) is 0.233. The minimum absolute atomic E-state index is 0.214. The molecule has 0 amide bonds. The first-order chi connectivity index (χ1) is 6.63. The minimum Gasteiger partial charge on any atom is -0.396 e. The molecule has 0 saturated carbocycles. The monoisotopic (exact) mass is 193 g/mol. The van der Waals surface area contributed by atoms with Crippen molar-refractivity contribution < 1.29 is 5.11 Å². The van der Waals surface area contributed by atoms with Crippen LogP contribution in [0.3, 0.4) is 0 Å². The Morgan fingerprint density at radius 3 is 2.64 bits per heavy atom. The van der Waals surface area contributed by atoms with Crippen LogP contribution in [0.5, 0.6) is 0 Å². The quantitative estimate of drug-likeness (QED) is 0.788. The molecule has 0 aliphatic carbocycles. The highest BCUT2D eigenvalue weighted by Gasteiger charge is 2.04. The van der Waals surface area contributed by atoms with Gasteiger partial charge >= 0.3 is 0 Å². The lowest BCUT2D eigenvalue weighted by Crippen LogP contribution is -2.11. The highest BCUT2D eigenvalue weighted by molar-refractivity contribution is 5.26. The van der Waals surface area contributed by atoms with Crippen LogP contribution in [0.1, 0.15) is 24.0 Å². The second-order valence-corrected chi connectivity index (χ2v) is 4.07. The van der Waals surface area contributed by atoms with Gasteiger partial charge in [-0.2, -0.15) is 0 Å². The summed E-state index contributed by atoms with van der Waals surface area (Å²) < 4.78 is 0. The van der Waals surface area contributed by atoms with Crippen molar-refractivity contribution in [2.45, 2.75) is 19.4 Å². The molecule has 0 radical (unpaired) electrons. The van der Waals surface area contributed by atoms with Crippen molar-refractivity contribution in [3.8, 4) is 0 Å². The predicted molar refractivity (Wildman–Crippen MR) is 59.3 cm³/mol. The molecule has 2 heteroatoms. The molecule has 0 fully saturated rings. The highest BCUT2D eigenvalue weighted by atomic mass is 16.3. The fourth-order valence-electron chi connectivity index (χ4n) is 1.47. The van der Waals surface area contributed by atoms with E-state index in [-0.39, 0.29) is 12.5 Å². The largest absolute Gasteiger partial charge is 0.396 e. The standard InChI is InChI=1S/C12H19NO/c1-10(9-14)12-6-4-5-11(7-12)8-13(2)3/h4-7,10,14H,8-9H2,1-3H3. The zero-order chi connectivity index (χ0) is 10.6. The van der Waals surface area contributed by atoms with Crippen molar-refractivity contribution in [2.24, 2.45) is 0 Å². The second-order valence-electron chi connectivity index (χ2n) is 4.07. The van der Waals surface area contributed by atoms with Crippen molar-refractivity contribution in [2.75, 3.05) is 20.7 Å². The molecule has 1 atom stereocenters. The first-order valence-electron chi connectivity index (χ1n) is 4.98. The normalized spacial score (nSPS) is 13.2. The number of hydrogen-bond acceptors (Lipinski definition) is 2. The zero-order valence-corrected chi connectivity index (χ0v) is 9.20. The molecule has 1 unspecified atom stereocenters. The Bertz CT molecular complexity index is 283. The molecule has 0 heterocycles. The second kappa shape index (κ2) is 5.13. The van der Waals surface area contributed by atoms with Crippen LogP contribution < -0.4 is 0 Å². The summed E-state index contributed by atoms with van der Waals surface area (Å²) in [5.41, 5.74) is 2.51. The SMILES string of the molecule is CC(CO)c1cccc(CN(C)C)c1. The Hall–Kier alpha value is -0.860. The zero-order valence-electron chi connectivity index (χ0n) is 9.20. The predicted octanol–water partition coefficient (Wildman–Crippen LogP) is 1.84. The van der Waals surface area contributed by atoms with Crippen LogP contribution >= 0.6 is 0 Å². The van der Waals surface area contributed by atoms with Crippen LogP contribution in [0, 0.1) is 0 Å². The third kappa shape index (κ3) is 3.13. The van der Waals surface area contributed by atoms with E-state index in [0.717, 1.165) is 6.54 Å². The van der Waals surface area contributed by atoms with E-state index >= 15 is 0 Å². The van der Waals surface area contributed by atoms with Gasteiger partial charge in [0.2, 0.25) is 0 Å². The van der Waals surface area contributed by atoms with E-state index in [1.165, 1.54) is 11.1 Å². The van der Waals surface area contributed by atoms with Gasteiger partial charge in [-0.05, 0) is 25.2 Å². The molecule has 1 N–H and O–H groups in total. The van der Waals surface area contributed by atoms with Crippen LogP contribution in [0.2, 0.25) is 0 Å². The van der Waals surface area contributed by atoms with Crippen LogP contribution in [-0.2, 0) is 6.54 Å². The van der Waals surface area contributed by atoms with Gasteiger partial charge < -0.3 is 10.0 Å². The molecule has 0 saturated heterocycles. The van der Waals surface area contributed by atoms with Crippen molar-refractivity contribution in [1.29, 1.82) is 0 Å². The Kier molecular flexibility index (Phi) is 4.11. The summed E-state index contributed by atoms with van der Waals surface area (Å²) in [7, 11) is 4.12. The maximum absolute atomic E-state index is 9.05. The van der Waals surface area contributed by atoms with Crippen molar-refractivity contribution in [3.05, 3.63) is 35.4 Å². The molecule has 78 valence electrons. The van der Waals surface area contributed by atoms with Gasteiger partial charge in [-0.25, -0.2) is 0 Å². The Morgan fingerprint density at radius 2 is 2.07 bits per heavy atom. The summed E-state index contributed by atoms with van der Waals surface area (Å²) in [4.78, 5) is 2.14. The highest BCUT2D eigenvalue weighted by Crippen LogP contribution is 2.16. The molecule has 1 aromatic rings. The molecule has 1 aromatic carbocycles. The molecule has 0 bridgehead atoms. The fourth-order valence-corrected chi connectivity index (χ4v) is 1.47. The lowest BCUT2D eigenvalue weighted by molar-refractivity contribution is 0.273. The van der Waals surface area contributed by atoms with Gasteiger partial charge in [-0.3, -0.25) is 0 Å². The summed E-state index contributed by atoms with van der Waals surface area (Å²) in [6, 6.07) is 8.41. The van der Waals surface area contributed by atoms with Crippen molar-refractivity contribution in [3.63, 3.8) is 0 Å². The van der Waals surface area contributed by atoms with E-state index in [1.54, 1.807) is 0 Å². The number of aliphatic hydroxyl groups is 1. The number of benzene rings is 1. The number of nitrogens with zero attached hydrogens (tertiary/aromatic N) is 1. The molecule has 14 heavy (non-hydrogen) atoms. The molecule has 0 aliphatic heterocycles. The number of aliphatic hydroxyl groups excluding tert-OH is 1. The fraction of sp³-hybridized carbons (Fsp3) is 0.500. The Morgan fingerprint density at radius 1 is 1.36 bits per heavy atom. The third-order valence-electron chi connectivity index (χ3n) is 2.29. The van der Waals surface area contributed by atoms with Gasteiger partial charge in [-0.1, -0.05) is 31.2 Å². The maximum Gasteiger partial charge on any atom is 0.0497 e. The van der Waals surface area contributed by atoms with Crippen LogP contribution in [0.25, 0.3) is 0 Å². The summed E-state index contributed by atoms with van der Waals surface area (Å²) in [6.45, 7) is 3.20. The molecular weight excluding hydrogens is 174 g/mol. The van der Waals surface area contributed by atoms with Crippen LogP contribution in [-0.4, -0.2) is 30.7 Å². The molecule has 0 spiro atoms. The smallest absolute Gasteiger partial charge is 0.0497 e. The average Bonchev–Trinajstić information content (AvgIpc) is 2.16. The molecule has 0 aromatic heterocycles. The van der Waals surface area contributed by atoms with E-state index in [4.69, 9.17) is 5.11 Å². The van der Waals surface area contributed by atoms with Gasteiger partial charge in [-0.15, -0.1) is 0 Å². The minimum atomic E-state index is 0.214. The van der Waals surface area contributed by atoms with Gasteiger partial charge in [0.25, 0.3) is 0 Å². The summed E-state index contributed by atoms with van der Waals surface area (Å²) >= 11 is 0. The van der Waals surface area contributed by atoms with Crippen molar-refractivity contribution >= 4 is 0 Å². The first-order valence-corrected chi connectivity index (χ1v) is 4.98. The average molecular weight is 193 g/mol. The van der Waals surface area contributed by atoms with Crippen molar-refractivity contribution in [1.82, 2.24) is 4.90 Å². The lowest BCUT2D eigenvalue weighted by atomic mass is 10.00. The van der Waals surface area contributed by atoms with E-state index in [9.17, 15) is 0 Å². The lowest BCUT2D eigenvalue weighted by Gasteiger charge is -2.13. The molecule has 0 aliphatic rings. The van der Waals surface area contributed by atoms with E-state index in [1.807, 2.05) is 6.92 Å². The number of hydrogen-bond donors (Lipinski definition) is 1. The molecular formula is C12H19NO. The molecule has 2 nitrogen and oxygen atoms in total. The van der Waals surface area contributed by atoms with Gasteiger partial charge in [0, 0.05) is 19.1 Å². The third-order valence-corrected chi connectivity index (χ3v) is 2.29. The van der Waals surface area contributed by atoms with Gasteiger partial charge in [0.1, 0.15) is 0 Å². The van der Waals surface area contributed by atoms with Crippen LogP contribution in [0.15, 0.2) is 24.3 Å². The summed E-state index contributed by atoms with van der Waals surface area (Å²) in [6.07, 6.45) is 0. The first kappa shape index (κ1) is 11.2. The Balaban J connectivity index is 2.78. The van der Waals surface area contributed by atoms with Crippen LogP contribution in [0.4, 0.5) is 0 Å². The van der Waals surface area contributed by atoms with E-state index in [0.29, 0.717) is 0 Å². The number of rotatable bonds is 4. The molecule has 1 rings (SSSR count). The Labute approximate surface area is 86.2 Å². The van der Waals surface area contributed by atoms with Gasteiger partial charge in [0.15, 0.2) is 0 Å². The maximum atomic E-state index is 9.05. The van der Waals surface area contributed by atoms with E-state index < -0.39 is 0 Å². The topological polar surface area (TPSA) is 23.5 Å². The van der Waals surface area contributed by atoms with E-state index in [2.05, 4.69) is 43.3 Å².